The average molecular weight is 171 g/mol. The molecule has 2 nitrogen and oxygen atoms in total. The van der Waals surface area contributed by atoms with Crippen LogP contribution in [0.3, 0.4) is 0 Å². The Bertz CT molecular complexity index is 134. The maximum atomic E-state index is 10.9. The first kappa shape index (κ1) is 11.5. The van der Waals surface area contributed by atoms with Crippen molar-refractivity contribution in [3.8, 4) is 0 Å². The van der Waals surface area contributed by atoms with Gasteiger partial charge in [-0.1, -0.05) is 20.8 Å². The average Bonchev–Trinajstić information content (AvgIpc) is 2.08. The highest BCUT2D eigenvalue weighted by Crippen LogP contribution is 2.14. The topological polar surface area (TPSA) is 20.3 Å². The van der Waals surface area contributed by atoms with Crippen LogP contribution < -0.4 is 0 Å². The van der Waals surface area contributed by atoms with Gasteiger partial charge in [0.1, 0.15) is 0 Å². The van der Waals surface area contributed by atoms with Crippen LogP contribution in [-0.2, 0) is 4.79 Å². The second kappa shape index (κ2) is 6.04. The summed E-state index contributed by atoms with van der Waals surface area (Å²) >= 11 is 0. The second-order valence-electron chi connectivity index (χ2n) is 3.21. The van der Waals surface area contributed by atoms with Crippen molar-refractivity contribution in [2.24, 2.45) is 5.92 Å². The third-order valence-electron chi connectivity index (χ3n) is 2.10. The Morgan fingerprint density at radius 2 is 2.00 bits per heavy atom. The minimum atomic E-state index is 0.228. The Balaban J connectivity index is 0.000000561. The predicted molar refractivity (Wildman–Crippen MR) is 52.0 cm³/mol. The van der Waals surface area contributed by atoms with Crippen molar-refractivity contribution in [1.29, 1.82) is 0 Å². The van der Waals surface area contributed by atoms with E-state index in [1.54, 1.807) is 6.92 Å². The zero-order chi connectivity index (χ0) is 9.56. The fourth-order valence-corrected chi connectivity index (χ4v) is 1.48. The summed E-state index contributed by atoms with van der Waals surface area (Å²) in [6, 6.07) is 0. The summed E-state index contributed by atoms with van der Waals surface area (Å²) in [6.07, 6.45) is 2.46. The Morgan fingerprint density at radius 3 is 2.33 bits per heavy atom. The van der Waals surface area contributed by atoms with E-state index in [0.717, 1.165) is 13.1 Å². The van der Waals surface area contributed by atoms with Crippen molar-refractivity contribution in [2.45, 2.75) is 40.5 Å². The molecule has 72 valence electrons. The number of hydrogen-bond donors (Lipinski definition) is 0. The van der Waals surface area contributed by atoms with Gasteiger partial charge >= 0.3 is 0 Å². The first-order chi connectivity index (χ1) is 5.70. The fourth-order valence-electron chi connectivity index (χ4n) is 1.48. The van der Waals surface area contributed by atoms with E-state index in [1.807, 2.05) is 18.7 Å². The largest absolute Gasteiger partial charge is 0.343 e. The number of piperidine rings is 1. The molecule has 1 atom stereocenters. The van der Waals surface area contributed by atoms with Gasteiger partial charge < -0.3 is 4.90 Å². The first-order valence-electron chi connectivity index (χ1n) is 4.95. The molecule has 0 bridgehead atoms. The van der Waals surface area contributed by atoms with Crippen LogP contribution in [0.15, 0.2) is 0 Å². The van der Waals surface area contributed by atoms with Crippen molar-refractivity contribution in [3.63, 3.8) is 0 Å². The summed E-state index contributed by atoms with van der Waals surface area (Å²) in [6.45, 7) is 9.79. The molecule has 0 N–H and O–H groups in total. The minimum Gasteiger partial charge on any atom is -0.343 e. The van der Waals surface area contributed by atoms with E-state index in [9.17, 15) is 4.79 Å². The highest BCUT2D eigenvalue weighted by molar-refractivity contribution is 5.73. The monoisotopic (exact) mass is 171 g/mol. The molecule has 12 heavy (non-hydrogen) atoms. The van der Waals surface area contributed by atoms with Crippen LogP contribution in [0.5, 0.6) is 0 Å². The van der Waals surface area contributed by atoms with Crippen LogP contribution in [0.4, 0.5) is 0 Å². The maximum Gasteiger partial charge on any atom is 0.219 e. The standard InChI is InChI=1S/C8H15NO.C2H6/c1-7-4-3-5-9(6-7)8(2)10;1-2/h7H,3-6H2,1-2H3;1-2H3/t7-;/m1./s1. The lowest BCUT2D eigenvalue weighted by Crippen LogP contribution is -2.37. The quantitative estimate of drug-likeness (QED) is 0.547. The fraction of sp³-hybridized carbons (Fsp3) is 0.900. The summed E-state index contributed by atoms with van der Waals surface area (Å²) in [4.78, 5) is 12.8. The van der Waals surface area contributed by atoms with Gasteiger partial charge in [-0.15, -0.1) is 0 Å². The Kier molecular flexibility index (Phi) is 5.77. The summed E-state index contributed by atoms with van der Waals surface area (Å²) in [5.74, 6) is 0.934. The lowest BCUT2D eigenvalue weighted by atomic mass is 10.0. The SMILES string of the molecule is CC.CC(=O)N1CCC[C@@H](C)C1. The van der Waals surface area contributed by atoms with Gasteiger partial charge in [-0.2, -0.15) is 0 Å². The van der Waals surface area contributed by atoms with Gasteiger partial charge in [-0.05, 0) is 18.8 Å². The van der Waals surface area contributed by atoms with Gasteiger partial charge in [0.25, 0.3) is 0 Å². The molecule has 0 aromatic heterocycles. The van der Waals surface area contributed by atoms with Crippen molar-refractivity contribution in [1.82, 2.24) is 4.90 Å². The highest BCUT2D eigenvalue weighted by atomic mass is 16.2. The molecule has 0 spiro atoms. The van der Waals surface area contributed by atoms with Gasteiger partial charge in [0.05, 0.1) is 0 Å². The minimum absolute atomic E-state index is 0.228. The molecule has 0 radical (unpaired) electrons. The lowest BCUT2D eigenvalue weighted by Gasteiger charge is -2.29. The van der Waals surface area contributed by atoms with E-state index in [0.29, 0.717) is 5.92 Å². The van der Waals surface area contributed by atoms with Gasteiger partial charge in [0.15, 0.2) is 0 Å². The zero-order valence-corrected chi connectivity index (χ0v) is 8.76. The summed E-state index contributed by atoms with van der Waals surface area (Å²) < 4.78 is 0. The third kappa shape index (κ3) is 3.74. The molecule has 2 heteroatoms. The van der Waals surface area contributed by atoms with Crippen LogP contribution in [-0.4, -0.2) is 23.9 Å². The first-order valence-corrected chi connectivity index (χ1v) is 4.95. The molecule has 0 aliphatic carbocycles. The van der Waals surface area contributed by atoms with Gasteiger partial charge in [0.2, 0.25) is 5.91 Å². The molecular weight excluding hydrogens is 150 g/mol. The number of nitrogens with zero attached hydrogens (tertiary/aromatic N) is 1. The van der Waals surface area contributed by atoms with E-state index in [-0.39, 0.29) is 5.91 Å². The molecule has 1 saturated heterocycles. The molecule has 1 amide bonds. The van der Waals surface area contributed by atoms with Crippen LogP contribution in [0.1, 0.15) is 40.5 Å². The molecule has 1 heterocycles. The van der Waals surface area contributed by atoms with Crippen molar-refractivity contribution in [2.75, 3.05) is 13.1 Å². The molecule has 1 fully saturated rings. The summed E-state index contributed by atoms with van der Waals surface area (Å²) in [5, 5.41) is 0. The molecule has 1 aliphatic heterocycles. The molecule has 0 aromatic carbocycles. The van der Waals surface area contributed by atoms with E-state index >= 15 is 0 Å². The smallest absolute Gasteiger partial charge is 0.219 e. The number of carbonyl (C=O) groups is 1. The van der Waals surface area contributed by atoms with Gasteiger partial charge in [-0.25, -0.2) is 0 Å². The van der Waals surface area contributed by atoms with Crippen molar-refractivity contribution >= 4 is 5.91 Å². The predicted octanol–water partition coefficient (Wildman–Crippen LogP) is 2.29. The number of amides is 1. The van der Waals surface area contributed by atoms with E-state index in [4.69, 9.17) is 0 Å². The van der Waals surface area contributed by atoms with Crippen LogP contribution in [0.25, 0.3) is 0 Å². The van der Waals surface area contributed by atoms with E-state index < -0.39 is 0 Å². The van der Waals surface area contributed by atoms with Gasteiger partial charge in [0, 0.05) is 20.0 Å². The van der Waals surface area contributed by atoms with Crippen LogP contribution in [0, 0.1) is 5.92 Å². The van der Waals surface area contributed by atoms with Crippen molar-refractivity contribution < 1.29 is 4.79 Å². The zero-order valence-electron chi connectivity index (χ0n) is 8.76. The molecule has 0 saturated carbocycles. The summed E-state index contributed by atoms with van der Waals surface area (Å²) in [5.41, 5.74) is 0. The number of hydrogen-bond acceptors (Lipinski definition) is 1. The Labute approximate surface area is 75.9 Å². The second-order valence-corrected chi connectivity index (χ2v) is 3.21. The Hall–Kier alpha value is -0.530. The lowest BCUT2D eigenvalue weighted by molar-refractivity contribution is -0.130. The molecular formula is C10H21NO. The summed E-state index contributed by atoms with van der Waals surface area (Å²) in [7, 11) is 0. The third-order valence-corrected chi connectivity index (χ3v) is 2.10. The number of rotatable bonds is 0. The Morgan fingerprint density at radius 1 is 1.42 bits per heavy atom. The molecule has 0 unspecified atom stereocenters. The number of likely N-dealkylation sites (tertiary alicyclic amines) is 1. The van der Waals surface area contributed by atoms with Crippen LogP contribution >= 0.6 is 0 Å². The van der Waals surface area contributed by atoms with E-state index in [1.165, 1.54) is 12.8 Å². The molecule has 1 rings (SSSR count). The van der Waals surface area contributed by atoms with E-state index in [2.05, 4.69) is 6.92 Å². The maximum absolute atomic E-state index is 10.9. The molecule has 0 aromatic rings. The highest BCUT2D eigenvalue weighted by Gasteiger charge is 2.17. The number of carbonyl (C=O) groups excluding carboxylic acids is 1. The molecule has 1 aliphatic rings. The van der Waals surface area contributed by atoms with Crippen LogP contribution in [0.2, 0.25) is 0 Å². The normalized spacial score (nSPS) is 22.7. The van der Waals surface area contributed by atoms with Gasteiger partial charge in [-0.3, -0.25) is 4.79 Å². The van der Waals surface area contributed by atoms with Crippen molar-refractivity contribution in [3.05, 3.63) is 0 Å².